The maximum atomic E-state index is 10.9. The predicted octanol–water partition coefficient (Wildman–Crippen LogP) is 2.99. The van der Waals surface area contributed by atoms with Gasteiger partial charge in [-0.05, 0) is 31.2 Å². The van der Waals surface area contributed by atoms with Gasteiger partial charge in [0.25, 0.3) is 0 Å². The Kier molecular flexibility index (Phi) is 5.31. The van der Waals surface area contributed by atoms with Crippen LogP contribution in [0.25, 0.3) is 27.8 Å². The smallest absolute Gasteiger partial charge is 0.219 e. The summed E-state index contributed by atoms with van der Waals surface area (Å²) in [6.07, 6.45) is 5.88. The highest BCUT2D eigenvalue weighted by molar-refractivity contribution is 5.94. The van der Waals surface area contributed by atoms with Gasteiger partial charge in [0, 0.05) is 35.4 Å². The number of aliphatic imine (C=N–C) groups is 1. The largest absolute Gasteiger partial charge is 0.493 e. The first-order valence-corrected chi connectivity index (χ1v) is 10.2. The molecule has 8 heteroatoms. The Hall–Kier alpha value is -3.55. The number of para-hydroxylation sites is 1. The van der Waals surface area contributed by atoms with Crippen LogP contribution in [0, 0.1) is 5.92 Å². The Bertz CT molecular complexity index is 1220. The van der Waals surface area contributed by atoms with Crippen LogP contribution in [0.5, 0.6) is 5.88 Å². The first-order valence-electron chi connectivity index (χ1n) is 10.2. The van der Waals surface area contributed by atoms with Gasteiger partial charge in [-0.25, -0.2) is 9.97 Å². The Balaban J connectivity index is 1.82. The molecule has 0 saturated heterocycles. The Morgan fingerprint density at radius 1 is 1.20 bits per heavy atom. The molecule has 0 fully saturated rings. The molecule has 0 saturated carbocycles. The molecule has 0 unspecified atom stereocenters. The summed E-state index contributed by atoms with van der Waals surface area (Å²) < 4.78 is 1.75. The second kappa shape index (κ2) is 8.06. The fraction of sp³-hybridized carbons (Fsp3) is 0.318. The SMILES string of the molecule is CC(C)Cc1nc2c(CCCN=C(N)N)nc(-c3c[nH]c4ccccc34)cn2c1O. The summed E-state index contributed by atoms with van der Waals surface area (Å²) in [7, 11) is 0. The van der Waals surface area contributed by atoms with Crippen molar-refractivity contribution in [3.05, 3.63) is 48.0 Å². The van der Waals surface area contributed by atoms with Crippen molar-refractivity contribution in [2.24, 2.45) is 22.4 Å². The number of nitrogens with zero attached hydrogens (tertiary/aromatic N) is 4. The molecule has 6 N–H and O–H groups in total. The fourth-order valence-corrected chi connectivity index (χ4v) is 3.70. The van der Waals surface area contributed by atoms with Gasteiger partial charge in [-0.2, -0.15) is 0 Å². The third-order valence-electron chi connectivity index (χ3n) is 5.05. The van der Waals surface area contributed by atoms with Crippen molar-refractivity contribution in [3.8, 4) is 17.1 Å². The quantitative estimate of drug-likeness (QED) is 0.213. The lowest BCUT2D eigenvalue weighted by atomic mass is 10.1. The van der Waals surface area contributed by atoms with Crippen LogP contribution in [0.15, 0.2) is 41.7 Å². The number of hydrogen-bond donors (Lipinski definition) is 4. The Labute approximate surface area is 174 Å². The highest BCUT2D eigenvalue weighted by Gasteiger charge is 2.19. The van der Waals surface area contributed by atoms with E-state index >= 15 is 0 Å². The van der Waals surface area contributed by atoms with Gasteiger partial charge in [0.1, 0.15) is 5.69 Å². The van der Waals surface area contributed by atoms with Crippen LogP contribution < -0.4 is 11.5 Å². The second-order valence-corrected chi connectivity index (χ2v) is 7.90. The van der Waals surface area contributed by atoms with Gasteiger partial charge in [0.15, 0.2) is 11.6 Å². The van der Waals surface area contributed by atoms with Crippen molar-refractivity contribution < 1.29 is 5.11 Å². The number of nitrogens with two attached hydrogens (primary N) is 2. The minimum Gasteiger partial charge on any atom is -0.493 e. The summed E-state index contributed by atoms with van der Waals surface area (Å²) >= 11 is 0. The fourth-order valence-electron chi connectivity index (χ4n) is 3.70. The van der Waals surface area contributed by atoms with Crippen LogP contribution in [0.1, 0.15) is 31.7 Å². The number of aryl methyl sites for hydroxylation is 1. The van der Waals surface area contributed by atoms with Crippen molar-refractivity contribution in [2.75, 3.05) is 6.54 Å². The molecule has 4 aromatic rings. The summed E-state index contributed by atoms with van der Waals surface area (Å²) in [4.78, 5) is 17.0. The van der Waals surface area contributed by atoms with Gasteiger partial charge in [-0.15, -0.1) is 0 Å². The zero-order valence-electron chi connectivity index (χ0n) is 17.3. The Morgan fingerprint density at radius 2 is 2.00 bits per heavy atom. The third kappa shape index (κ3) is 3.80. The van der Waals surface area contributed by atoms with E-state index in [0.29, 0.717) is 36.6 Å². The van der Waals surface area contributed by atoms with Gasteiger partial charge in [0.05, 0.1) is 11.4 Å². The van der Waals surface area contributed by atoms with E-state index in [1.807, 2.05) is 30.6 Å². The molecule has 156 valence electrons. The lowest BCUT2D eigenvalue weighted by molar-refractivity contribution is 0.436. The molecule has 3 aromatic heterocycles. The normalized spacial score (nSPS) is 11.6. The molecule has 0 spiro atoms. The van der Waals surface area contributed by atoms with Crippen LogP contribution in [0.4, 0.5) is 0 Å². The highest BCUT2D eigenvalue weighted by Crippen LogP contribution is 2.31. The molecule has 3 heterocycles. The van der Waals surface area contributed by atoms with Gasteiger partial charge >= 0.3 is 0 Å². The summed E-state index contributed by atoms with van der Waals surface area (Å²) in [5.41, 5.74) is 15.8. The first-order chi connectivity index (χ1) is 14.4. The van der Waals surface area contributed by atoms with Gasteiger partial charge < -0.3 is 21.6 Å². The van der Waals surface area contributed by atoms with E-state index in [1.54, 1.807) is 4.40 Å². The minimum atomic E-state index is 0.0818. The van der Waals surface area contributed by atoms with Crippen LogP contribution in [-0.4, -0.2) is 37.0 Å². The van der Waals surface area contributed by atoms with Crippen LogP contribution in [-0.2, 0) is 12.8 Å². The maximum Gasteiger partial charge on any atom is 0.219 e. The number of hydrogen-bond acceptors (Lipinski definition) is 4. The highest BCUT2D eigenvalue weighted by atomic mass is 16.3. The molecule has 0 radical (unpaired) electrons. The lowest BCUT2D eigenvalue weighted by Gasteiger charge is -2.07. The molecule has 30 heavy (non-hydrogen) atoms. The maximum absolute atomic E-state index is 10.9. The number of fused-ring (bicyclic) bond motifs is 2. The molecular formula is C22H27N7O. The van der Waals surface area contributed by atoms with Crippen LogP contribution in [0.3, 0.4) is 0 Å². The number of imidazole rings is 1. The minimum absolute atomic E-state index is 0.0818. The van der Waals surface area contributed by atoms with Crippen molar-refractivity contribution in [1.29, 1.82) is 0 Å². The summed E-state index contributed by atoms with van der Waals surface area (Å²) in [5.74, 6) is 0.637. The van der Waals surface area contributed by atoms with Crippen molar-refractivity contribution >= 4 is 22.5 Å². The topological polar surface area (TPSA) is 131 Å². The number of nitrogens with one attached hydrogen (secondary N) is 1. The molecule has 0 bridgehead atoms. The van der Waals surface area contributed by atoms with E-state index in [2.05, 4.69) is 29.9 Å². The van der Waals surface area contributed by atoms with Crippen molar-refractivity contribution in [2.45, 2.75) is 33.1 Å². The van der Waals surface area contributed by atoms with Crippen LogP contribution in [0.2, 0.25) is 0 Å². The molecule has 0 atom stereocenters. The molecule has 0 amide bonds. The van der Waals surface area contributed by atoms with E-state index in [4.69, 9.17) is 21.4 Å². The molecule has 0 aliphatic carbocycles. The average molecular weight is 406 g/mol. The molecule has 8 nitrogen and oxygen atoms in total. The summed E-state index contributed by atoms with van der Waals surface area (Å²) in [5, 5.41) is 11.9. The number of aromatic hydroxyl groups is 1. The van der Waals surface area contributed by atoms with E-state index in [1.165, 1.54) is 0 Å². The van der Waals surface area contributed by atoms with Crippen molar-refractivity contribution in [1.82, 2.24) is 19.4 Å². The average Bonchev–Trinajstić information content (AvgIpc) is 3.27. The van der Waals surface area contributed by atoms with Crippen LogP contribution >= 0.6 is 0 Å². The summed E-state index contributed by atoms with van der Waals surface area (Å²) in [6, 6.07) is 8.09. The third-order valence-corrected chi connectivity index (χ3v) is 5.05. The standard InChI is InChI=1S/C22H27N7O/c1-13(2)10-18-21(30)29-12-19(15-11-26-16-7-4-3-6-14(15)16)27-17(20(29)28-18)8-5-9-25-22(23)24/h3-4,6-7,11-13,26,30H,5,8-10H2,1-2H3,(H4,23,24,25). The number of aromatic amines is 1. The van der Waals surface area contributed by atoms with E-state index < -0.39 is 0 Å². The molecule has 0 aliphatic rings. The van der Waals surface area contributed by atoms with E-state index in [0.717, 1.165) is 34.3 Å². The number of benzene rings is 1. The van der Waals surface area contributed by atoms with Gasteiger partial charge in [-0.3, -0.25) is 9.39 Å². The first kappa shape index (κ1) is 19.8. The van der Waals surface area contributed by atoms with Gasteiger partial charge in [0.2, 0.25) is 5.88 Å². The second-order valence-electron chi connectivity index (χ2n) is 7.90. The predicted molar refractivity (Wildman–Crippen MR) is 119 cm³/mol. The number of H-pyrrole nitrogens is 1. The van der Waals surface area contributed by atoms with Gasteiger partial charge in [-0.1, -0.05) is 32.0 Å². The number of guanidine groups is 1. The monoisotopic (exact) mass is 405 g/mol. The molecule has 4 rings (SSSR count). The number of rotatable bonds is 7. The molecule has 0 aliphatic heterocycles. The zero-order chi connectivity index (χ0) is 21.3. The molecule has 1 aromatic carbocycles. The summed E-state index contributed by atoms with van der Waals surface area (Å²) in [6.45, 7) is 4.73. The van der Waals surface area contributed by atoms with E-state index in [9.17, 15) is 5.11 Å². The Morgan fingerprint density at radius 3 is 2.77 bits per heavy atom. The number of aromatic nitrogens is 4. The lowest BCUT2D eigenvalue weighted by Crippen LogP contribution is -2.23. The van der Waals surface area contributed by atoms with E-state index in [-0.39, 0.29) is 11.8 Å². The van der Waals surface area contributed by atoms with Crippen molar-refractivity contribution in [3.63, 3.8) is 0 Å². The molecular weight excluding hydrogens is 378 g/mol. The zero-order valence-corrected chi connectivity index (χ0v) is 17.3.